The van der Waals surface area contributed by atoms with Crippen molar-refractivity contribution in [3.63, 3.8) is 0 Å². The van der Waals surface area contributed by atoms with Crippen LogP contribution in [0.4, 0.5) is 0 Å². The molecule has 0 saturated heterocycles. The second-order valence-corrected chi connectivity index (χ2v) is 5.46. The highest BCUT2D eigenvalue weighted by Gasteiger charge is 2.12. The third-order valence-electron chi connectivity index (χ3n) is 2.56. The summed E-state index contributed by atoms with van der Waals surface area (Å²) in [6.45, 7) is 0. The van der Waals surface area contributed by atoms with E-state index in [1.165, 1.54) is 0 Å². The van der Waals surface area contributed by atoms with Crippen LogP contribution in [-0.4, -0.2) is 0 Å². The molecule has 0 bridgehead atoms. The molecule has 0 heterocycles. The van der Waals surface area contributed by atoms with Gasteiger partial charge in [-0.3, -0.25) is 0 Å². The number of nitriles is 1. The maximum absolute atomic E-state index is 9.32. The number of allylic oxidation sites excluding steroid dienone is 1. The van der Waals surface area contributed by atoms with Crippen molar-refractivity contribution in [3.05, 3.63) is 69.2 Å². The number of benzene rings is 2. The van der Waals surface area contributed by atoms with Gasteiger partial charge in [0.05, 0.1) is 10.6 Å². The number of hydrogen-bond acceptors (Lipinski definition) is 1. The first-order valence-electron chi connectivity index (χ1n) is 5.44. The molecule has 1 nitrogen and oxygen atoms in total. The van der Waals surface area contributed by atoms with Gasteiger partial charge in [0.1, 0.15) is 6.07 Å². The van der Waals surface area contributed by atoms with Crippen LogP contribution in [0.2, 0.25) is 5.02 Å². The predicted octanol–water partition coefficient (Wildman–Crippen LogP) is 5.73. The van der Waals surface area contributed by atoms with Crippen LogP contribution in [0.15, 0.2) is 53.0 Å². The molecule has 4 heteroatoms. The summed E-state index contributed by atoms with van der Waals surface area (Å²) in [5.41, 5.74) is 1.97. The Morgan fingerprint density at radius 3 is 2.37 bits per heavy atom. The zero-order valence-corrected chi connectivity index (χ0v) is 12.8. The fourth-order valence-corrected chi connectivity index (χ4v) is 2.96. The third kappa shape index (κ3) is 3.19. The zero-order chi connectivity index (χ0) is 13.8. The lowest BCUT2D eigenvalue weighted by molar-refractivity contribution is 1.52. The average Bonchev–Trinajstić information content (AvgIpc) is 2.40. The van der Waals surface area contributed by atoms with Gasteiger partial charge in [0.15, 0.2) is 0 Å². The first-order valence-corrected chi connectivity index (χ1v) is 6.99. The van der Waals surface area contributed by atoms with Crippen LogP contribution in [0.3, 0.4) is 0 Å². The first kappa shape index (κ1) is 14.1. The van der Waals surface area contributed by atoms with Crippen molar-refractivity contribution in [1.82, 2.24) is 0 Å². The van der Waals surface area contributed by atoms with Gasteiger partial charge in [-0.25, -0.2) is 0 Å². The van der Waals surface area contributed by atoms with Crippen LogP contribution < -0.4 is 0 Å². The van der Waals surface area contributed by atoms with E-state index in [4.69, 9.17) is 23.2 Å². The molecule has 0 aliphatic rings. The molecule has 0 radical (unpaired) electrons. The monoisotopic (exact) mass is 351 g/mol. The van der Waals surface area contributed by atoms with E-state index in [1.54, 1.807) is 18.2 Å². The molecule has 0 aromatic heterocycles. The molecular formula is C15H8BrCl2N. The summed E-state index contributed by atoms with van der Waals surface area (Å²) in [6.07, 6.45) is 0. The van der Waals surface area contributed by atoms with E-state index in [-0.39, 0.29) is 0 Å². The van der Waals surface area contributed by atoms with Crippen LogP contribution in [0, 0.1) is 11.3 Å². The Hall–Kier alpha value is -1.27. The van der Waals surface area contributed by atoms with Crippen molar-refractivity contribution >= 4 is 49.7 Å². The van der Waals surface area contributed by atoms with Crippen molar-refractivity contribution in [2.24, 2.45) is 0 Å². The number of rotatable bonds is 2. The number of hydrogen-bond donors (Lipinski definition) is 0. The average molecular weight is 353 g/mol. The highest BCUT2D eigenvalue weighted by atomic mass is 79.9. The standard InChI is InChI=1S/C15H8BrCl2N/c16-14-8-11(17)6-7-12(14)15(18)13(9-19)10-4-2-1-3-5-10/h1-8H/b15-13-. The second-order valence-electron chi connectivity index (χ2n) is 3.79. The van der Waals surface area contributed by atoms with E-state index in [1.807, 2.05) is 30.3 Å². The van der Waals surface area contributed by atoms with E-state index in [0.717, 1.165) is 15.6 Å². The van der Waals surface area contributed by atoms with Gasteiger partial charge in [0.2, 0.25) is 0 Å². The first-order chi connectivity index (χ1) is 9.13. The lowest BCUT2D eigenvalue weighted by Gasteiger charge is -2.07. The molecule has 2 rings (SSSR count). The highest BCUT2D eigenvalue weighted by Crippen LogP contribution is 2.34. The van der Waals surface area contributed by atoms with Gasteiger partial charge >= 0.3 is 0 Å². The Labute approximate surface area is 130 Å². The largest absolute Gasteiger partial charge is 0.192 e. The Kier molecular flexibility index (Phi) is 4.66. The molecule has 0 unspecified atom stereocenters. The summed E-state index contributed by atoms with van der Waals surface area (Å²) in [7, 11) is 0. The molecule has 0 saturated carbocycles. The summed E-state index contributed by atoms with van der Waals surface area (Å²) in [4.78, 5) is 0. The van der Waals surface area contributed by atoms with E-state index in [2.05, 4.69) is 22.0 Å². The van der Waals surface area contributed by atoms with Crippen molar-refractivity contribution in [1.29, 1.82) is 5.26 Å². The lowest BCUT2D eigenvalue weighted by atomic mass is 10.0. The van der Waals surface area contributed by atoms with Gasteiger partial charge in [-0.15, -0.1) is 0 Å². The quantitative estimate of drug-likeness (QED) is 0.499. The number of nitrogens with zero attached hydrogens (tertiary/aromatic N) is 1. The Bertz CT molecular complexity index is 672. The maximum atomic E-state index is 9.32. The minimum atomic E-state index is 0.400. The molecular weight excluding hydrogens is 345 g/mol. The molecule has 0 atom stereocenters. The number of halogens is 3. The Balaban J connectivity index is 2.59. The smallest absolute Gasteiger partial charge is 0.101 e. The summed E-state index contributed by atoms with van der Waals surface area (Å²) in [5, 5.41) is 10.3. The summed E-state index contributed by atoms with van der Waals surface area (Å²) in [6, 6.07) is 16.8. The van der Waals surface area contributed by atoms with Crippen LogP contribution in [-0.2, 0) is 0 Å². The van der Waals surface area contributed by atoms with E-state index < -0.39 is 0 Å². The normalized spacial score (nSPS) is 11.7. The Morgan fingerprint density at radius 1 is 1.11 bits per heavy atom. The maximum Gasteiger partial charge on any atom is 0.101 e. The molecule has 19 heavy (non-hydrogen) atoms. The van der Waals surface area contributed by atoms with Crippen LogP contribution in [0.1, 0.15) is 11.1 Å². The molecule has 0 amide bonds. The Morgan fingerprint density at radius 2 is 1.79 bits per heavy atom. The molecule has 0 N–H and O–H groups in total. The minimum absolute atomic E-state index is 0.400. The topological polar surface area (TPSA) is 23.8 Å². The predicted molar refractivity (Wildman–Crippen MR) is 83.9 cm³/mol. The SMILES string of the molecule is N#C/C(=C(/Cl)c1ccc(Cl)cc1Br)c1ccccc1. The van der Waals surface area contributed by atoms with Gasteiger partial charge in [-0.1, -0.05) is 75.5 Å². The zero-order valence-electron chi connectivity index (χ0n) is 9.70. The molecule has 0 fully saturated rings. The summed E-state index contributed by atoms with van der Waals surface area (Å²) in [5.74, 6) is 0. The van der Waals surface area contributed by atoms with Crippen molar-refractivity contribution < 1.29 is 0 Å². The molecule has 2 aromatic rings. The fourth-order valence-electron chi connectivity index (χ4n) is 1.65. The highest BCUT2D eigenvalue weighted by molar-refractivity contribution is 9.10. The molecule has 0 aliphatic carbocycles. The third-order valence-corrected chi connectivity index (χ3v) is 3.85. The molecule has 2 aromatic carbocycles. The van der Waals surface area contributed by atoms with Gasteiger partial charge in [-0.2, -0.15) is 5.26 Å². The molecule has 0 spiro atoms. The van der Waals surface area contributed by atoms with Crippen LogP contribution >= 0.6 is 39.1 Å². The fraction of sp³-hybridized carbons (Fsp3) is 0. The van der Waals surface area contributed by atoms with Crippen LogP contribution in [0.25, 0.3) is 10.6 Å². The van der Waals surface area contributed by atoms with Crippen LogP contribution in [0.5, 0.6) is 0 Å². The van der Waals surface area contributed by atoms with Crippen molar-refractivity contribution in [3.8, 4) is 6.07 Å². The minimum Gasteiger partial charge on any atom is -0.192 e. The molecule has 94 valence electrons. The molecule has 0 aliphatic heterocycles. The van der Waals surface area contributed by atoms with E-state index in [0.29, 0.717) is 15.6 Å². The van der Waals surface area contributed by atoms with Gasteiger partial charge in [-0.05, 0) is 17.7 Å². The van der Waals surface area contributed by atoms with Crippen molar-refractivity contribution in [2.45, 2.75) is 0 Å². The van der Waals surface area contributed by atoms with Gasteiger partial charge in [0.25, 0.3) is 0 Å². The van der Waals surface area contributed by atoms with E-state index >= 15 is 0 Å². The van der Waals surface area contributed by atoms with Gasteiger partial charge < -0.3 is 0 Å². The lowest BCUT2D eigenvalue weighted by Crippen LogP contribution is -1.87. The second kappa shape index (κ2) is 6.25. The van der Waals surface area contributed by atoms with Crippen molar-refractivity contribution in [2.75, 3.05) is 0 Å². The summed E-state index contributed by atoms with van der Waals surface area (Å²) < 4.78 is 0.758. The van der Waals surface area contributed by atoms with Gasteiger partial charge in [0, 0.05) is 15.1 Å². The van der Waals surface area contributed by atoms with E-state index in [9.17, 15) is 5.26 Å². The summed E-state index contributed by atoms with van der Waals surface area (Å²) >= 11 is 15.7.